The number of anilines is 1. The number of amides is 1. The van der Waals surface area contributed by atoms with Gasteiger partial charge in [0.15, 0.2) is 5.82 Å². The van der Waals surface area contributed by atoms with Crippen molar-refractivity contribution in [3.05, 3.63) is 83.7 Å². The van der Waals surface area contributed by atoms with Gasteiger partial charge in [0.05, 0.1) is 12.1 Å². The fraction of sp³-hybridized carbons (Fsp3) is 0.160. The van der Waals surface area contributed by atoms with E-state index in [4.69, 9.17) is 0 Å². The molecule has 1 aliphatic rings. The number of pyridine rings is 1. The average Bonchev–Trinajstić information content (AvgIpc) is 3.48. The average molecular weight is 493 g/mol. The van der Waals surface area contributed by atoms with Crippen LogP contribution in [0, 0.1) is 0 Å². The van der Waals surface area contributed by atoms with Crippen molar-refractivity contribution in [2.45, 2.75) is 25.7 Å². The number of carbonyl (C=O) groups excluding carboxylic acids is 1. The van der Waals surface area contributed by atoms with Crippen LogP contribution in [0.2, 0.25) is 0 Å². The first-order valence-electron chi connectivity index (χ1n) is 10.9. The number of nitrogens with zero attached hydrogens (tertiary/aromatic N) is 5. The molecule has 0 radical (unpaired) electrons. The molecule has 1 aliphatic heterocycles. The van der Waals surface area contributed by atoms with Crippen LogP contribution >= 0.6 is 0 Å². The van der Waals surface area contributed by atoms with Crippen LogP contribution in [-0.4, -0.2) is 42.9 Å². The molecule has 182 valence electrons. The van der Waals surface area contributed by atoms with E-state index in [0.717, 1.165) is 23.4 Å². The number of alkyl halides is 3. The Bertz CT molecular complexity index is 1500. The second-order valence-corrected chi connectivity index (χ2v) is 8.31. The first-order valence-corrected chi connectivity index (χ1v) is 10.9. The lowest BCUT2D eigenvalue weighted by Crippen LogP contribution is -2.25. The molecule has 0 saturated carbocycles. The Labute approximate surface area is 202 Å². The van der Waals surface area contributed by atoms with Crippen LogP contribution in [0.1, 0.15) is 39.2 Å². The third kappa shape index (κ3) is 4.08. The Balaban J connectivity index is 1.46. The monoisotopic (exact) mass is 493 g/mol. The van der Waals surface area contributed by atoms with Gasteiger partial charge in [0.25, 0.3) is 5.91 Å². The molecule has 0 aliphatic carbocycles. The van der Waals surface area contributed by atoms with E-state index >= 15 is 0 Å². The van der Waals surface area contributed by atoms with Crippen LogP contribution in [-0.2, 0) is 6.54 Å². The molecule has 1 unspecified atom stereocenters. The predicted molar refractivity (Wildman–Crippen MR) is 123 cm³/mol. The molecule has 0 spiro atoms. The summed E-state index contributed by atoms with van der Waals surface area (Å²) in [5, 5.41) is 16.7. The third-order valence-electron chi connectivity index (χ3n) is 6.06. The van der Waals surface area contributed by atoms with Crippen molar-refractivity contribution in [1.82, 2.24) is 19.7 Å². The Morgan fingerprint density at radius 2 is 1.81 bits per heavy atom. The Kier molecular flexibility index (Phi) is 5.54. The van der Waals surface area contributed by atoms with Crippen LogP contribution < -0.4 is 4.90 Å². The molecule has 5 rings (SSSR count). The van der Waals surface area contributed by atoms with E-state index in [0.29, 0.717) is 16.7 Å². The maximum absolute atomic E-state index is 13.3. The maximum Gasteiger partial charge on any atom is 0.408 e. The summed E-state index contributed by atoms with van der Waals surface area (Å²) in [6.45, 7) is 1.23. The summed E-state index contributed by atoms with van der Waals surface area (Å²) >= 11 is 0. The molecule has 1 atom stereocenters. The molecule has 36 heavy (non-hydrogen) atoms. The SMILES string of the molecule is CC(n1cnnc1-c1cccc(N2Cc3ccc(-c4cccc(C(=O)O)c4)cc3C2=O)n1)C(F)(F)F. The number of halogens is 3. The fourth-order valence-corrected chi connectivity index (χ4v) is 4.06. The standard InChI is InChI=1S/C25H18F3N5O3/c1-14(25(26,27)28)33-13-29-31-22(33)20-6-3-7-21(30-20)32-12-18-9-8-16(11-19(18)23(32)34)15-4-2-5-17(10-15)24(35)36/h2-11,13-14H,12H2,1H3,(H,35,36). The molecule has 0 saturated heterocycles. The molecular weight excluding hydrogens is 475 g/mol. The lowest BCUT2D eigenvalue weighted by molar-refractivity contribution is -0.162. The van der Waals surface area contributed by atoms with E-state index in [9.17, 15) is 27.9 Å². The van der Waals surface area contributed by atoms with Gasteiger partial charge in [0.2, 0.25) is 0 Å². The number of rotatable bonds is 5. The molecule has 3 heterocycles. The van der Waals surface area contributed by atoms with Gasteiger partial charge in [-0.2, -0.15) is 13.2 Å². The number of carboxylic acids is 1. The smallest absolute Gasteiger partial charge is 0.408 e. The number of aromatic nitrogens is 4. The molecule has 1 amide bonds. The van der Waals surface area contributed by atoms with Gasteiger partial charge in [-0.3, -0.25) is 9.69 Å². The van der Waals surface area contributed by atoms with Gasteiger partial charge in [-0.1, -0.05) is 30.3 Å². The zero-order valence-electron chi connectivity index (χ0n) is 18.8. The Morgan fingerprint density at radius 1 is 1.06 bits per heavy atom. The van der Waals surface area contributed by atoms with E-state index in [1.54, 1.807) is 42.5 Å². The maximum atomic E-state index is 13.3. The summed E-state index contributed by atoms with van der Waals surface area (Å²) in [5.74, 6) is -1.17. The van der Waals surface area contributed by atoms with Gasteiger partial charge in [0.1, 0.15) is 23.9 Å². The van der Waals surface area contributed by atoms with Crippen LogP contribution in [0.15, 0.2) is 67.0 Å². The van der Waals surface area contributed by atoms with Crippen molar-refractivity contribution in [2.75, 3.05) is 4.90 Å². The third-order valence-corrected chi connectivity index (χ3v) is 6.06. The minimum absolute atomic E-state index is 0.0635. The summed E-state index contributed by atoms with van der Waals surface area (Å²) in [6.07, 6.45) is -3.50. The van der Waals surface area contributed by atoms with Gasteiger partial charge in [0, 0.05) is 5.56 Å². The summed E-state index contributed by atoms with van der Waals surface area (Å²) in [6, 6.07) is 14.5. The van der Waals surface area contributed by atoms with Crippen molar-refractivity contribution in [3.63, 3.8) is 0 Å². The van der Waals surface area contributed by atoms with Crippen LogP contribution in [0.3, 0.4) is 0 Å². The van der Waals surface area contributed by atoms with Gasteiger partial charge in [-0.05, 0) is 53.9 Å². The van der Waals surface area contributed by atoms with Gasteiger partial charge >= 0.3 is 12.1 Å². The zero-order valence-corrected chi connectivity index (χ0v) is 18.8. The number of hydrogen-bond acceptors (Lipinski definition) is 5. The number of aromatic carboxylic acids is 1. The van der Waals surface area contributed by atoms with Crippen LogP contribution in [0.25, 0.3) is 22.6 Å². The van der Waals surface area contributed by atoms with Crippen molar-refractivity contribution >= 4 is 17.7 Å². The predicted octanol–water partition coefficient (Wildman–Crippen LogP) is 4.99. The molecule has 1 N–H and O–H groups in total. The highest BCUT2D eigenvalue weighted by molar-refractivity contribution is 6.10. The molecule has 8 nitrogen and oxygen atoms in total. The lowest BCUT2D eigenvalue weighted by atomic mass is 9.99. The molecule has 0 bridgehead atoms. The zero-order chi connectivity index (χ0) is 25.6. The number of carboxylic acid groups (broad SMARTS) is 1. The highest BCUT2D eigenvalue weighted by atomic mass is 19.4. The van der Waals surface area contributed by atoms with Crippen molar-refractivity contribution in [1.29, 1.82) is 0 Å². The van der Waals surface area contributed by atoms with E-state index in [1.165, 1.54) is 23.1 Å². The van der Waals surface area contributed by atoms with Crippen molar-refractivity contribution < 1.29 is 27.9 Å². The quantitative estimate of drug-likeness (QED) is 0.420. The van der Waals surface area contributed by atoms with E-state index in [1.807, 2.05) is 0 Å². The first-order chi connectivity index (χ1) is 17.1. The highest BCUT2D eigenvalue weighted by Gasteiger charge is 2.39. The van der Waals surface area contributed by atoms with Gasteiger partial charge < -0.3 is 9.67 Å². The number of hydrogen-bond donors (Lipinski definition) is 1. The van der Waals surface area contributed by atoms with E-state index in [2.05, 4.69) is 15.2 Å². The fourth-order valence-electron chi connectivity index (χ4n) is 4.06. The van der Waals surface area contributed by atoms with Gasteiger partial charge in [-0.25, -0.2) is 9.78 Å². The molecule has 11 heteroatoms. The van der Waals surface area contributed by atoms with Crippen LogP contribution in [0.4, 0.5) is 19.0 Å². The van der Waals surface area contributed by atoms with Crippen molar-refractivity contribution in [2.24, 2.45) is 0 Å². The summed E-state index contributed by atoms with van der Waals surface area (Å²) < 4.78 is 40.7. The Morgan fingerprint density at radius 3 is 2.56 bits per heavy atom. The largest absolute Gasteiger partial charge is 0.478 e. The molecule has 0 fully saturated rings. The summed E-state index contributed by atoms with van der Waals surface area (Å²) in [4.78, 5) is 30.4. The molecule has 4 aromatic rings. The number of carbonyl (C=O) groups is 2. The normalized spacial score (nSPS) is 14.1. The minimum Gasteiger partial charge on any atom is -0.478 e. The summed E-state index contributed by atoms with van der Waals surface area (Å²) in [5.41, 5.74) is 2.81. The highest BCUT2D eigenvalue weighted by Crippen LogP contribution is 2.34. The van der Waals surface area contributed by atoms with Crippen molar-refractivity contribution in [3.8, 4) is 22.6 Å². The second kappa shape index (κ2) is 8.59. The van der Waals surface area contributed by atoms with Crippen LogP contribution in [0.5, 0.6) is 0 Å². The van der Waals surface area contributed by atoms with E-state index < -0.39 is 18.2 Å². The second-order valence-electron chi connectivity index (χ2n) is 8.31. The molecule has 2 aromatic carbocycles. The minimum atomic E-state index is -4.50. The Hall–Kier alpha value is -4.54. The summed E-state index contributed by atoms with van der Waals surface area (Å²) in [7, 11) is 0. The first kappa shape index (κ1) is 23.2. The molecule has 2 aromatic heterocycles. The molecular formula is C25H18F3N5O3. The number of fused-ring (bicyclic) bond motifs is 1. The topological polar surface area (TPSA) is 101 Å². The number of benzene rings is 2. The van der Waals surface area contributed by atoms with E-state index in [-0.39, 0.29) is 35.4 Å². The van der Waals surface area contributed by atoms with Gasteiger partial charge in [-0.15, -0.1) is 10.2 Å². The lowest BCUT2D eigenvalue weighted by Gasteiger charge is -2.19.